The van der Waals surface area contributed by atoms with E-state index in [1.54, 1.807) is 12.1 Å². The maximum Gasteiger partial charge on any atom is 0.257 e. The summed E-state index contributed by atoms with van der Waals surface area (Å²) in [5.74, 6) is 0.833. The van der Waals surface area contributed by atoms with Crippen LogP contribution in [0, 0.1) is 5.92 Å². The van der Waals surface area contributed by atoms with Crippen LogP contribution in [0.5, 0.6) is 5.75 Å². The number of ether oxygens (including phenoxy) is 1. The van der Waals surface area contributed by atoms with Gasteiger partial charge in [-0.3, -0.25) is 9.59 Å². The molecule has 1 aliphatic rings. The summed E-state index contributed by atoms with van der Waals surface area (Å²) in [7, 11) is 0. The topological polar surface area (TPSA) is 55.4 Å². The molecule has 5 heteroatoms. The van der Waals surface area contributed by atoms with E-state index < -0.39 is 0 Å². The van der Waals surface area contributed by atoms with Crippen LogP contribution < -0.4 is 10.1 Å². The van der Waals surface area contributed by atoms with Gasteiger partial charge in [-0.2, -0.15) is 0 Å². The standard InChI is InChI=1S/C13H14ClNO3/c14-11-3-4-12(10(5-11)7-16)18-8-13(17)15-6-9-1-2-9/h3-5,7,9H,1-2,6,8H2,(H,15,17). The van der Waals surface area contributed by atoms with Gasteiger partial charge >= 0.3 is 0 Å². The Morgan fingerprint density at radius 1 is 1.50 bits per heavy atom. The fraction of sp³-hybridized carbons (Fsp3) is 0.385. The molecule has 2 rings (SSSR count). The molecule has 1 amide bonds. The molecule has 4 nitrogen and oxygen atoms in total. The number of halogens is 1. The minimum atomic E-state index is -0.173. The lowest BCUT2D eigenvalue weighted by Gasteiger charge is -2.09. The van der Waals surface area contributed by atoms with E-state index in [1.165, 1.54) is 18.9 Å². The van der Waals surface area contributed by atoms with Gasteiger partial charge in [0, 0.05) is 11.6 Å². The molecule has 0 saturated heterocycles. The Hall–Kier alpha value is -1.55. The highest BCUT2D eigenvalue weighted by Crippen LogP contribution is 2.27. The van der Waals surface area contributed by atoms with E-state index in [9.17, 15) is 9.59 Å². The van der Waals surface area contributed by atoms with Gasteiger partial charge < -0.3 is 10.1 Å². The van der Waals surface area contributed by atoms with E-state index in [2.05, 4.69) is 5.32 Å². The molecular weight excluding hydrogens is 254 g/mol. The van der Waals surface area contributed by atoms with Crippen LogP contribution in [0.15, 0.2) is 18.2 Å². The zero-order valence-electron chi connectivity index (χ0n) is 9.82. The summed E-state index contributed by atoms with van der Waals surface area (Å²) in [6, 6.07) is 4.71. The molecule has 0 radical (unpaired) electrons. The number of amides is 1. The quantitative estimate of drug-likeness (QED) is 0.803. The molecule has 0 aromatic heterocycles. The lowest BCUT2D eigenvalue weighted by atomic mass is 10.2. The van der Waals surface area contributed by atoms with Crippen molar-refractivity contribution in [3.8, 4) is 5.75 Å². The molecule has 0 aliphatic heterocycles. The van der Waals surface area contributed by atoms with Gasteiger partial charge in [0.15, 0.2) is 12.9 Å². The van der Waals surface area contributed by atoms with Crippen LogP contribution in [0.3, 0.4) is 0 Å². The molecule has 0 atom stereocenters. The number of rotatable bonds is 6. The third-order valence-corrected chi connectivity index (χ3v) is 2.98. The first kappa shape index (κ1) is 12.9. The van der Waals surface area contributed by atoms with Gasteiger partial charge in [0.1, 0.15) is 5.75 Å². The van der Waals surface area contributed by atoms with Crippen LogP contribution in [0.2, 0.25) is 5.02 Å². The highest BCUT2D eigenvalue weighted by atomic mass is 35.5. The van der Waals surface area contributed by atoms with Gasteiger partial charge in [0.25, 0.3) is 5.91 Å². The Balaban J connectivity index is 1.84. The SMILES string of the molecule is O=Cc1cc(Cl)ccc1OCC(=O)NCC1CC1. The summed E-state index contributed by atoms with van der Waals surface area (Å²) < 4.78 is 5.30. The molecule has 1 aromatic rings. The second-order valence-corrected chi connectivity index (χ2v) is 4.77. The van der Waals surface area contributed by atoms with Crippen LogP contribution >= 0.6 is 11.6 Å². The smallest absolute Gasteiger partial charge is 0.257 e. The predicted octanol–water partition coefficient (Wildman–Crippen LogP) is 2.06. The molecule has 96 valence electrons. The van der Waals surface area contributed by atoms with E-state index in [0.29, 0.717) is 35.1 Å². The Labute approximate surface area is 110 Å². The van der Waals surface area contributed by atoms with Crippen molar-refractivity contribution in [1.82, 2.24) is 5.32 Å². The fourth-order valence-electron chi connectivity index (χ4n) is 1.52. The summed E-state index contributed by atoms with van der Waals surface area (Å²) in [5, 5.41) is 3.25. The first-order valence-corrected chi connectivity index (χ1v) is 6.21. The minimum absolute atomic E-state index is 0.0881. The molecule has 0 spiro atoms. The second-order valence-electron chi connectivity index (χ2n) is 4.34. The largest absolute Gasteiger partial charge is 0.483 e. The first-order chi connectivity index (χ1) is 8.69. The van der Waals surface area contributed by atoms with Crippen molar-refractivity contribution in [2.45, 2.75) is 12.8 Å². The Morgan fingerprint density at radius 3 is 2.94 bits per heavy atom. The number of benzene rings is 1. The molecule has 18 heavy (non-hydrogen) atoms. The Kier molecular flexibility index (Phi) is 4.20. The molecular formula is C13H14ClNO3. The molecule has 0 bridgehead atoms. The van der Waals surface area contributed by atoms with Crippen LogP contribution in [-0.4, -0.2) is 25.3 Å². The maximum absolute atomic E-state index is 11.5. The first-order valence-electron chi connectivity index (χ1n) is 5.83. The molecule has 1 N–H and O–H groups in total. The van der Waals surface area contributed by atoms with Crippen molar-refractivity contribution in [3.63, 3.8) is 0 Å². The van der Waals surface area contributed by atoms with E-state index in [-0.39, 0.29) is 12.5 Å². The van der Waals surface area contributed by atoms with Gasteiger partial charge in [0.05, 0.1) is 5.56 Å². The molecule has 1 saturated carbocycles. The normalized spacial score (nSPS) is 14.1. The molecule has 1 aromatic carbocycles. The van der Waals surface area contributed by atoms with Crippen LogP contribution in [0.4, 0.5) is 0 Å². The molecule has 1 fully saturated rings. The van der Waals surface area contributed by atoms with Crippen molar-refractivity contribution in [2.24, 2.45) is 5.92 Å². The third-order valence-electron chi connectivity index (χ3n) is 2.74. The third kappa shape index (κ3) is 3.74. The highest BCUT2D eigenvalue weighted by Gasteiger charge is 2.21. The van der Waals surface area contributed by atoms with Crippen LogP contribution in [0.1, 0.15) is 23.2 Å². The molecule has 1 aliphatic carbocycles. The van der Waals surface area contributed by atoms with Gasteiger partial charge in [-0.15, -0.1) is 0 Å². The zero-order valence-corrected chi connectivity index (χ0v) is 10.6. The van der Waals surface area contributed by atoms with Crippen molar-refractivity contribution in [1.29, 1.82) is 0 Å². The van der Waals surface area contributed by atoms with Gasteiger partial charge in [0.2, 0.25) is 0 Å². The van der Waals surface area contributed by atoms with E-state index in [0.717, 1.165) is 0 Å². The fourth-order valence-corrected chi connectivity index (χ4v) is 1.70. The number of aldehydes is 1. The van der Waals surface area contributed by atoms with Crippen LogP contribution in [-0.2, 0) is 4.79 Å². The van der Waals surface area contributed by atoms with E-state index >= 15 is 0 Å². The molecule has 0 heterocycles. The average molecular weight is 268 g/mol. The summed E-state index contributed by atoms with van der Waals surface area (Å²) in [6.07, 6.45) is 3.03. The zero-order chi connectivity index (χ0) is 13.0. The van der Waals surface area contributed by atoms with E-state index in [4.69, 9.17) is 16.3 Å². The number of hydrogen-bond acceptors (Lipinski definition) is 3. The van der Waals surface area contributed by atoms with Crippen molar-refractivity contribution in [2.75, 3.05) is 13.2 Å². The highest BCUT2D eigenvalue weighted by molar-refractivity contribution is 6.30. The number of nitrogens with one attached hydrogen (secondary N) is 1. The Bertz CT molecular complexity index is 458. The van der Waals surface area contributed by atoms with Crippen molar-refractivity contribution >= 4 is 23.8 Å². The van der Waals surface area contributed by atoms with Crippen molar-refractivity contribution in [3.05, 3.63) is 28.8 Å². The monoisotopic (exact) mass is 267 g/mol. The Morgan fingerprint density at radius 2 is 2.28 bits per heavy atom. The number of carbonyl (C=O) groups is 2. The van der Waals surface area contributed by atoms with Gasteiger partial charge in [-0.25, -0.2) is 0 Å². The average Bonchev–Trinajstić information content (AvgIpc) is 3.18. The van der Waals surface area contributed by atoms with Gasteiger partial charge in [-0.1, -0.05) is 11.6 Å². The van der Waals surface area contributed by atoms with Gasteiger partial charge in [-0.05, 0) is 37.0 Å². The number of carbonyl (C=O) groups excluding carboxylic acids is 2. The summed E-state index contributed by atoms with van der Waals surface area (Å²) >= 11 is 5.76. The summed E-state index contributed by atoms with van der Waals surface area (Å²) in [5.41, 5.74) is 0.345. The predicted molar refractivity (Wildman–Crippen MR) is 68.1 cm³/mol. The summed E-state index contributed by atoms with van der Waals surface area (Å²) in [6.45, 7) is 0.624. The lowest BCUT2D eigenvalue weighted by Crippen LogP contribution is -2.30. The lowest BCUT2D eigenvalue weighted by molar-refractivity contribution is -0.123. The maximum atomic E-state index is 11.5. The van der Waals surface area contributed by atoms with Crippen molar-refractivity contribution < 1.29 is 14.3 Å². The van der Waals surface area contributed by atoms with Crippen LogP contribution in [0.25, 0.3) is 0 Å². The summed E-state index contributed by atoms with van der Waals surface area (Å²) in [4.78, 5) is 22.3. The second kappa shape index (κ2) is 5.87. The van der Waals surface area contributed by atoms with E-state index in [1.807, 2.05) is 0 Å². The number of hydrogen-bond donors (Lipinski definition) is 1. The minimum Gasteiger partial charge on any atom is -0.483 e. The molecule has 0 unspecified atom stereocenters.